The molecule has 0 N–H and O–H groups in total. The number of pyridine rings is 1. The van der Waals surface area contributed by atoms with Crippen molar-refractivity contribution in [2.45, 2.75) is 6.54 Å². The Morgan fingerprint density at radius 2 is 1.58 bits per heavy atom. The van der Waals surface area contributed by atoms with E-state index in [-0.39, 0.29) is 18.4 Å². The molecule has 1 aliphatic heterocycles. The lowest BCUT2D eigenvalue weighted by atomic mass is 10.1. The fourth-order valence-electron chi connectivity index (χ4n) is 2.90. The maximum absolute atomic E-state index is 12.4. The van der Waals surface area contributed by atoms with Gasteiger partial charge < -0.3 is 0 Å². The van der Waals surface area contributed by atoms with Crippen molar-refractivity contribution in [3.63, 3.8) is 0 Å². The molecule has 6 heteroatoms. The molecule has 2 heterocycles. The number of hydrogen-bond donors (Lipinski definition) is 0. The minimum absolute atomic E-state index is 0.194. The van der Waals surface area contributed by atoms with Crippen molar-refractivity contribution in [1.29, 1.82) is 0 Å². The van der Waals surface area contributed by atoms with Crippen LogP contribution in [0.2, 0.25) is 10.3 Å². The predicted octanol–water partition coefficient (Wildman–Crippen LogP) is 4.34. The lowest BCUT2D eigenvalue weighted by molar-refractivity contribution is 0.0642. The summed E-state index contributed by atoms with van der Waals surface area (Å²) in [6.45, 7) is 0.194. The number of amides is 2. The van der Waals surface area contributed by atoms with Gasteiger partial charge in [-0.25, -0.2) is 4.98 Å². The zero-order valence-electron chi connectivity index (χ0n) is 12.3. The van der Waals surface area contributed by atoms with Crippen LogP contribution in [0.15, 0.2) is 48.5 Å². The molecule has 4 nitrogen and oxygen atoms in total. The molecule has 4 rings (SSSR count). The second kappa shape index (κ2) is 5.58. The van der Waals surface area contributed by atoms with Gasteiger partial charge in [-0.05, 0) is 35.2 Å². The van der Waals surface area contributed by atoms with Gasteiger partial charge in [-0.2, -0.15) is 0 Å². The molecular formula is C18H10Cl2N2O2. The number of carbonyl (C=O) groups excluding carboxylic acids is 2. The molecule has 0 bridgehead atoms. The van der Waals surface area contributed by atoms with Gasteiger partial charge >= 0.3 is 0 Å². The van der Waals surface area contributed by atoms with E-state index >= 15 is 0 Å². The van der Waals surface area contributed by atoms with E-state index in [2.05, 4.69) is 4.98 Å². The molecule has 0 spiro atoms. The van der Waals surface area contributed by atoms with Crippen molar-refractivity contribution < 1.29 is 9.59 Å². The largest absolute Gasteiger partial charge is 0.270 e. The molecule has 2 aromatic carbocycles. The first-order chi connectivity index (χ1) is 11.5. The van der Waals surface area contributed by atoms with E-state index in [0.717, 1.165) is 16.3 Å². The first kappa shape index (κ1) is 15.1. The number of nitrogens with zero attached hydrogens (tertiary/aromatic N) is 2. The second-order valence-corrected chi connectivity index (χ2v) is 6.28. The third-order valence-corrected chi connectivity index (χ3v) is 4.52. The fourth-order valence-corrected chi connectivity index (χ4v) is 3.41. The summed E-state index contributed by atoms with van der Waals surface area (Å²) < 4.78 is 0. The highest BCUT2D eigenvalue weighted by molar-refractivity contribution is 6.36. The van der Waals surface area contributed by atoms with E-state index in [1.165, 1.54) is 4.90 Å². The normalized spacial score (nSPS) is 13.7. The molecule has 24 heavy (non-hydrogen) atoms. The van der Waals surface area contributed by atoms with Crippen molar-refractivity contribution in [1.82, 2.24) is 9.88 Å². The summed E-state index contributed by atoms with van der Waals surface area (Å²) >= 11 is 12.0. The van der Waals surface area contributed by atoms with Crippen LogP contribution in [0.25, 0.3) is 10.8 Å². The molecule has 0 aliphatic carbocycles. The summed E-state index contributed by atoms with van der Waals surface area (Å²) in [6.07, 6.45) is 0. The van der Waals surface area contributed by atoms with Crippen LogP contribution in [0.1, 0.15) is 26.3 Å². The molecule has 118 valence electrons. The summed E-state index contributed by atoms with van der Waals surface area (Å²) in [5.74, 6) is -0.553. The van der Waals surface area contributed by atoms with Crippen molar-refractivity contribution in [2.24, 2.45) is 0 Å². The summed E-state index contributed by atoms with van der Waals surface area (Å²) in [7, 11) is 0. The topological polar surface area (TPSA) is 50.3 Å². The Balaban J connectivity index is 1.71. The number of rotatable bonds is 2. The maximum atomic E-state index is 12.4. The van der Waals surface area contributed by atoms with Crippen molar-refractivity contribution in [2.75, 3.05) is 0 Å². The van der Waals surface area contributed by atoms with E-state index < -0.39 is 0 Å². The molecule has 1 aliphatic rings. The zero-order chi connectivity index (χ0) is 16.8. The molecule has 0 unspecified atom stereocenters. The average molecular weight is 357 g/mol. The van der Waals surface area contributed by atoms with Crippen LogP contribution in [0.3, 0.4) is 0 Å². The van der Waals surface area contributed by atoms with Crippen LogP contribution in [-0.2, 0) is 6.54 Å². The van der Waals surface area contributed by atoms with Crippen molar-refractivity contribution >= 4 is 45.8 Å². The van der Waals surface area contributed by atoms with Gasteiger partial charge in [-0.3, -0.25) is 14.5 Å². The van der Waals surface area contributed by atoms with Crippen LogP contribution < -0.4 is 0 Å². The van der Waals surface area contributed by atoms with Gasteiger partial charge in [0, 0.05) is 5.39 Å². The number of fused-ring (bicyclic) bond motifs is 2. The van der Waals surface area contributed by atoms with E-state index in [1.54, 1.807) is 30.3 Å². The Labute approximate surface area is 147 Å². The van der Waals surface area contributed by atoms with Crippen LogP contribution in [-0.4, -0.2) is 21.7 Å². The quantitative estimate of drug-likeness (QED) is 0.507. The maximum Gasteiger partial charge on any atom is 0.261 e. The van der Waals surface area contributed by atoms with Gasteiger partial charge in [0.05, 0.1) is 17.7 Å². The fraction of sp³-hybridized carbons (Fsp3) is 0.0556. The van der Waals surface area contributed by atoms with E-state index in [4.69, 9.17) is 23.2 Å². The molecular weight excluding hydrogens is 347 g/mol. The third-order valence-electron chi connectivity index (χ3n) is 4.04. The lowest BCUT2D eigenvalue weighted by Gasteiger charge is -2.14. The first-order valence-corrected chi connectivity index (χ1v) is 8.00. The number of aromatic nitrogens is 1. The number of carbonyl (C=O) groups is 2. The van der Waals surface area contributed by atoms with Crippen LogP contribution in [0, 0.1) is 0 Å². The Hall–Kier alpha value is -2.43. The summed E-state index contributed by atoms with van der Waals surface area (Å²) in [4.78, 5) is 30.1. The smallest absolute Gasteiger partial charge is 0.261 e. The zero-order valence-corrected chi connectivity index (χ0v) is 13.8. The summed E-state index contributed by atoms with van der Waals surface area (Å²) in [5, 5.41) is 2.21. The lowest BCUT2D eigenvalue weighted by Crippen LogP contribution is -2.29. The summed E-state index contributed by atoms with van der Waals surface area (Å²) in [6, 6.07) is 14.0. The SMILES string of the molecule is O=C1c2ccccc2C(=O)N1Cc1ccc2c(Cl)nc(Cl)cc2c1. The van der Waals surface area contributed by atoms with E-state index in [0.29, 0.717) is 21.4 Å². The monoisotopic (exact) mass is 356 g/mol. The molecule has 3 aromatic rings. The second-order valence-electron chi connectivity index (χ2n) is 5.53. The number of halogens is 2. The number of benzene rings is 2. The number of hydrogen-bond acceptors (Lipinski definition) is 3. The predicted molar refractivity (Wildman–Crippen MR) is 92.4 cm³/mol. The molecule has 1 aromatic heterocycles. The number of imide groups is 1. The molecule has 0 radical (unpaired) electrons. The highest BCUT2D eigenvalue weighted by Gasteiger charge is 2.34. The minimum Gasteiger partial charge on any atom is -0.270 e. The highest BCUT2D eigenvalue weighted by atomic mass is 35.5. The highest BCUT2D eigenvalue weighted by Crippen LogP contribution is 2.28. The molecule has 0 atom stereocenters. The van der Waals surface area contributed by atoms with Gasteiger partial charge in [0.25, 0.3) is 11.8 Å². The van der Waals surface area contributed by atoms with Gasteiger partial charge in [0.2, 0.25) is 0 Å². The van der Waals surface area contributed by atoms with E-state index in [1.807, 2.05) is 18.2 Å². The van der Waals surface area contributed by atoms with Gasteiger partial charge in [0.15, 0.2) is 0 Å². The Morgan fingerprint density at radius 1 is 0.917 bits per heavy atom. The van der Waals surface area contributed by atoms with Crippen LogP contribution in [0.4, 0.5) is 0 Å². The molecule has 0 saturated heterocycles. The van der Waals surface area contributed by atoms with Gasteiger partial charge in [0.1, 0.15) is 10.3 Å². The Bertz CT molecular complexity index is 982. The standard InChI is InChI=1S/C18H10Cl2N2O2/c19-15-8-11-7-10(5-6-12(11)16(20)21-15)9-22-17(23)13-3-1-2-4-14(13)18(22)24/h1-8H,9H2. The van der Waals surface area contributed by atoms with Crippen molar-refractivity contribution in [3.8, 4) is 0 Å². The first-order valence-electron chi connectivity index (χ1n) is 7.24. The molecule has 0 saturated carbocycles. The van der Waals surface area contributed by atoms with Crippen LogP contribution >= 0.6 is 23.2 Å². The van der Waals surface area contributed by atoms with Crippen LogP contribution in [0.5, 0.6) is 0 Å². The van der Waals surface area contributed by atoms with Gasteiger partial charge in [-0.1, -0.05) is 47.5 Å². The van der Waals surface area contributed by atoms with Gasteiger partial charge in [-0.15, -0.1) is 0 Å². The Morgan fingerprint density at radius 3 is 2.25 bits per heavy atom. The minimum atomic E-state index is -0.276. The average Bonchev–Trinajstić information content (AvgIpc) is 2.80. The molecule has 2 amide bonds. The Kier molecular flexibility index (Phi) is 3.52. The summed E-state index contributed by atoms with van der Waals surface area (Å²) in [5.41, 5.74) is 1.70. The molecule has 0 fully saturated rings. The van der Waals surface area contributed by atoms with Crippen molar-refractivity contribution in [3.05, 3.63) is 75.5 Å². The third kappa shape index (κ3) is 2.35. The van der Waals surface area contributed by atoms with E-state index in [9.17, 15) is 9.59 Å².